The number of ether oxygens (including phenoxy) is 1. The first-order chi connectivity index (χ1) is 15.5. The van der Waals surface area contributed by atoms with Crippen molar-refractivity contribution in [3.8, 4) is 0 Å². The molecular weight excluding hydrogens is 404 g/mol. The van der Waals surface area contributed by atoms with E-state index in [1.807, 2.05) is 42.5 Å². The van der Waals surface area contributed by atoms with Gasteiger partial charge < -0.3 is 9.84 Å². The van der Waals surface area contributed by atoms with E-state index in [4.69, 9.17) is 4.74 Å². The molecule has 4 rings (SSSR count). The van der Waals surface area contributed by atoms with Gasteiger partial charge in [-0.3, -0.25) is 4.79 Å². The van der Waals surface area contributed by atoms with Crippen LogP contribution in [0.25, 0.3) is 5.76 Å². The summed E-state index contributed by atoms with van der Waals surface area (Å²) >= 11 is 0. The second-order valence-electron chi connectivity index (χ2n) is 7.60. The van der Waals surface area contributed by atoms with Gasteiger partial charge in [-0.25, -0.2) is 14.6 Å². The van der Waals surface area contributed by atoms with Crippen molar-refractivity contribution in [3.05, 3.63) is 114 Å². The Labute approximate surface area is 187 Å². The van der Waals surface area contributed by atoms with E-state index in [0.717, 1.165) is 0 Å². The third-order valence-corrected chi connectivity index (χ3v) is 5.52. The van der Waals surface area contributed by atoms with Gasteiger partial charge in [-0.15, -0.1) is 0 Å². The molecule has 3 aromatic carbocycles. The van der Waals surface area contributed by atoms with Crippen LogP contribution in [0.3, 0.4) is 0 Å². The van der Waals surface area contributed by atoms with E-state index in [-0.39, 0.29) is 11.7 Å². The number of esters is 1. The molecule has 1 heterocycles. The molecule has 0 aromatic heterocycles. The van der Waals surface area contributed by atoms with Crippen molar-refractivity contribution in [1.29, 1.82) is 0 Å². The zero-order chi connectivity index (χ0) is 22.6. The topological polar surface area (TPSA) is 72.8 Å². The van der Waals surface area contributed by atoms with Crippen LogP contribution in [0.2, 0.25) is 0 Å². The molecule has 1 unspecified atom stereocenters. The van der Waals surface area contributed by atoms with E-state index < -0.39 is 11.8 Å². The minimum absolute atomic E-state index is 0.231. The SMILES string of the molecule is CN1CCN(C(=O)c2ccccc2)C1([OH2+])/C=C(\OC(=O)c1ccccc1)c1ccccc1. The number of hydrogen-bond donors (Lipinski definition) is 0. The van der Waals surface area contributed by atoms with Crippen LogP contribution in [-0.4, -0.2) is 52.8 Å². The second kappa shape index (κ2) is 9.18. The van der Waals surface area contributed by atoms with Gasteiger partial charge in [0.2, 0.25) is 0 Å². The van der Waals surface area contributed by atoms with E-state index in [0.29, 0.717) is 29.8 Å². The minimum atomic E-state index is -1.52. The highest BCUT2D eigenvalue weighted by Crippen LogP contribution is 2.31. The van der Waals surface area contributed by atoms with Crippen molar-refractivity contribution in [2.75, 3.05) is 20.1 Å². The maximum atomic E-state index is 13.2. The molecule has 0 spiro atoms. The summed E-state index contributed by atoms with van der Waals surface area (Å²) in [6.07, 6.45) is 1.54. The first-order valence-electron chi connectivity index (χ1n) is 10.4. The summed E-state index contributed by atoms with van der Waals surface area (Å²) < 4.78 is 5.77. The Bertz CT molecular complexity index is 1120. The molecule has 3 aromatic rings. The Morgan fingerprint density at radius 1 is 0.812 bits per heavy atom. The Hall–Kier alpha value is -3.74. The molecule has 0 aliphatic carbocycles. The average molecular weight is 429 g/mol. The summed E-state index contributed by atoms with van der Waals surface area (Å²) in [5.41, 5.74) is 1.57. The van der Waals surface area contributed by atoms with Gasteiger partial charge in [0, 0.05) is 24.2 Å². The van der Waals surface area contributed by atoms with Crippen LogP contribution in [0.15, 0.2) is 97.1 Å². The van der Waals surface area contributed by atoms with Gasteiger partial charge in [-0.1, -0.05) is 66.7 Å². The lowest BCUT2D eigenvalue weighted by Crippen LogP contribution is -2.53. The van der Waals surface area contributed by atoms with E-state index >= 15 is 0 Å². The van der Waals surface area contributed by atoms with Crippen molar-refractivity contribution in [3.63, 3.8) is 0 Å². The van der Waals surface area contributed by atoms with Crippen LogP contribution < -0.4 is 0 Å². The summed E-state index contributed by atoms with van der Waals surface area (Å²) in [6, 6.07) is 26.8. The van der Waals surface area contributed by atoms with E-state index in [2.05, 4.69) is 0 Å². The molecule has 2 N–H and O–H groups in total. The van der Waals surface area contributed by atoms with Crippen LogP contribution in [-0.2, 0) is 4.74 Å². The van der Waals surface area contributed by atoms with E-state index in [1.165, 1.54) is 11.0 Å². The van der Waals surface area contributed by atoms with Gasteiger partial charge in [-0.05, 0) is 31.3 Å². The molecule has 32 heavy (non-hydrogen) atoms. The van der Waals surface area contributed by atoms with Gasteiger partial charge >= 0.3 is 11.8 Å². The van der Waals surface area contributed by atoms with Gasteiger partial charge in [0.1, 0.15) is 5.76 Å². The fraction of sp³-hybridized carbons (Fsp3) is 0.154. The fourth-order valence-corrected chi connectivity index (χ4v) is 3.67. The number of rotatable bonds is 5. The highest BCUT2D eigenvalue weighted by Gasteiger charge is 2.51. The summed E-state index contributed by atoms with van der Waals surface area (Å²) in [5.74, 6) is -2.06. The van der Waals surface area contributed by atoms with Crippen molar-refractivity contribution in [2.45, 2.75) is 5.85 Å². The Morgan fingerprint density at radius 3 is 1.88 bits per heavy atom. The molecule has 0 saturated carbocycles. The molecule has 1 aliphatic rings. The predicted octanol–water partition coefficient (Wildman–Crippen LogP) is 3.35. The molecule has 1 aliphatic heterocycles. The molecule has 6 heteroatoms. The van der Waals surface area contributed by atoms with E-state index in [1.54, 1.807) is 60.5 Å². The van der Waals surface area contributed by atoms with Gasteiger partial charge in [0.15, 0.2) is 0 Å². The maximum absolute atomic E-state index is 13.2. The first-order valence-corrected chi connectivity index (χ1v) is 10.4. The molecular formula is C26H25N2O4+. The number of carbonyl (C=O) groups excluding carboxylic acids is 2. The van der Waals surface area contributed by atoms with Crippen LogP contribution >= 0.6 is 0 Å². The molecule has 1 atom stereocenters. The average Bonchev–Trinajstić information content (AvgIpc) is 3.13. The number of amides is 1. The third kappa shape index (κ3) is 4.32. The molecule has 6 nitrogen and oxygen atoms in total. The highest BCUT2D eigenvalue weighted by molar-refractivity contribution is 5.95. The quantitative estimate of drug-likeness (QED) is 0.354. The number of likely N-dealkylation sites (N-methyl/N-ethyl adjacent to an activating group) is 1. The zero-order valence-electron chi connectivity index (χ0n) is 17.8. The monoisotopic (exact) mass is 429 g/mol. The van der Waals surface area contributed by atoms with Crippen molar-refractivity contribution < 1.29 is 19.4 Å². The zero-order valence-corrected chi connectivity index (χ0v) is 17.8. The number of nitrogens with zero attached hydrogens (tertiary/aromatic N) is 2. The lowest BCUT2D eigenvalue weighted by atomic mass is 10.1. The van der Waals surface area contributed by atoms with Crippen LogP contribution in [0.5, 0.6) is 0 Å². The number of hydrogen-bond acceptors (Lipinski definition) is 4. The Balaban J connectivity index is 1.73. The molecule has 1 amide bonds. The molecule has 0 bridgehead atoms. The maximum Gasteiger partial charge on any atom is 0.343 e. The summed E-state index contributed by atoms with van der Waals surface area (Å²) in [5, 5.41) is 9.22. The third-order valence-electron chi connectivity index (χ3n) is 5.52. The lowest BCUT2D eigenvalue weighted by Gasteiger charge is -2.30. The molecule has 1 fully saturated rings. The normalized spacial score (nSPS) is 19.1. The van der Waals surface area contributed by atoms with Crippen LogP contribution in [0.4, 0.5) is 0 Å². The van der Waals surface area contributed by atoms with Gasteiger partial charge in [0.25, 0.3) is 5.91 Å². The highest BCUT2D eigenvalue weighted by atomic mass is 16.5. The van der Waals surface area contributed by atoms with E-state index in [9.17, 15) is 14.7 Å². The smallest absolute Gasteiger partial charge is 0.343 e. The molecule has 162 valence electrons. The lowest BCUT2D eigenvalue weighted by molar-refractivity contribution is -0.105. The molecule has 0 radical (unpaired) electrons. The Morgan fingerprint density at radius 2 is 1.31 bits per heavy atom. The minimum Gasteiger partial charge on any atom is -0.422 e. The summed E-state index contributed by atoms with van der Waals surface area (Å²) in [7, 11) is 1.78. The Kier molecular flexibility index (Phi) is 6.16. The predicted molar refractivity (Wildman–Crippen MR) is 123 cm³/mol. The van der Waals surface area contributed by atoms with Crippen molar-refractivity contribution in [2.24, 2.45) is 0 Å². The van der Waals surface area contributed by atoms with Crippen LogP contribution in [0.1, 0.15) is 26.3 Å². The number of carbonyl (C=O) groups is 2. The second-order valence-corrected chi connectivity index (χ2v) is 7.60. The fourth-order valence-electron chi connectivity index (χ4n) is 3.67. The van der Waals surface area contributed by atoms with Gasteiger partial charge in [-0.2, -0.15) is 0 Å². The standard InChI is InChI=1S/C26H24N2O4/c1-27-17-18-28(24(29)21-13-7-3-8-14-21)26(27,31)19-23(20-11-5-2-6-12-20)32-25(30)22-15-9-4-10-16-22/h2-16,19,31H,17-18H2,1H3/p+1/b23-19-. The van der Waals surface area contributed by atoms with Crippen molar-refractivity contribution >= 4 is 17.6 Å². The van der Waals surface area contributed by atoms with Crippen LogP contribution in [0, 0.1) is 0 Å². The summed E-state index contributed by atoms with van der Waals surface area (Å²) in [6.45, 7) is 0.909. The van der Waals surface area contributed by atoms with Crippen molar-refractivity contribution in [1.82, 2.24) is 9.80 Å². The first kappa shape index (κ1) is 21.5. The summed E-state index contributed by atoms with van der Waals surface area (Å²) in [4.78, 5) is 29.3. The largest absolute Gasteiger partial charge is 0.422 e. The number of benzene rings is 3. The molecule has 1 saturated heterocycles. The van der Waals surface area contributed by atoms with Gasteiger partial charge in [0.05, 0.1) is 11.6 Å².